The second kappa shape index (κ2) is 6.42. The number of para-hydroxylation sites is 2. The molecule has 5 heteroatoms. The molecule has 122 valence electrons. The predicted octanol–water partition coefficient (Wildman–Crippen LogP) is 4.78. The summed E-state index contributed by atoms with van der Waals surface area (Å²) in [7, 11) is 0. The fourth-order valence-corrected chi connectivity index (χ4v) is 2.96. The van der Waals surface area contributed by atoms with Crippen LogP contribution in [0.4, 0.5) is 11.5 Å². The van der Waals surface area contributed by atoms with Crippen molar-refractivity contribution in [3.05, 3.63) is 94.4 Å². The SMILES string of the molecule is O=c1cc(Nc2ccccc2)n(-c2ccccc2)c2cc(Cl)ncc12. The van der Waals surface area contributed by atoms with E-state index in [1.807, 2.05) is 65.2 Å². The molecule has 0 spiro atoms. The van der Waals surface area contributed by atoms with E-state index in [1.165, 1.54) is 6.20 Å². The average Bonchev–Trinajstić information content (AvgIpc) is 2.63. The summed E-state index contributed by atoms with van der Waals surface area (Å²) in [5.74, 6) is 0.664. The van der Waals surface area contributed by atoms with Crippen LogP contribution in [0.1, 0.15) is 0 Å². The minimum atomic E-state index is -0.107. The van der Waals surface area contributed by atoms with Crippen LogP contribution >= 0.6 is 11.6 Å². The van der Waals surface area contributed by atoms with Crippen molar-refractivity contribution in [2.45, 2.75) is 0 Å². The van der Waals surface area contributed by atoms with E-state index in [2.05, 4.69) is 10.3 Å². The van der Waals surface area contributed by atoms with Gasteiger partial charge in [-0.25, -0.2) is 4.98 Å². The molecule has 0 saturated carbocycles. The zero-order valence-electron chi connectivity index (χ0n) is 13.2. The Labute approximate surface area is 149 Å². The highest BCUT2D eigenvalue weighted by Crippen LogP contribution is 2.25. The maximum atomic E-state index is 12.5. The molecule has 2 aromatic heterocycles. The van der Waals surface area contributed by atoms with Gasteiger partial charge in [-0.1, -0.05) is 48.0 Å². The Hall–Kier alpha value is -3.11. The van der Waals surface area contributed by atoms with Gasteiger partial charge in [-0.05, 0) is 24.3 Å². The van der Waals surface area contributed by atoms with Gasteiger partial charge in [0.2, 0.25) is 0 Å². The summed E-state index contributed by atoms with van der Waals surface area (Å²) in [4.78, 5) is 16.6. The number of hydrogen-bond acceptors (Lipinski definition) is 3. The Balaban J connectivity index is 2.03. The van der Waals surface area contributed by atoms with E-state index in [9.17, 15) is 4.79 Å². The average molecular weight is 348 g/mol. The number of rotatable bonds is 3. The molecule has 0 unspecified atom stereocenters. The number of benzene rings is 2. The lowest BCUT2D eigenvalue weighted by atomic mass is 10.2. The van der Waals surface area contributed by atoms with Crippen molar-refractivity contribution < 1.29 is 0 Å². The molecule has 0 aliphatic heterocycles. The van der Waals surface area contributed by atoms with Crippen LogP contribution in [-0.4, -0.2) is 9.55 Å². The summed E-state index contributed by atoms with van der Waals surface area (Å²) < 4.78 is 1.97. The van der Waals surface area contributed by atoms with Gasteiger partial charge in [0.25, 0.3) is 0 Å². The Morgan fingerprint density at radius 3 is 2.32 bits per heavy atom. The largest absolute Gasteiger partial charge is 0.341 e. The summed E-state index contributed by atoms with van der Waals surface area (Å²) in [6.45, 7) is 0. The van der Waals surface area contributed by atoms with Gasteiger partial charge in [0.15, 0.2) is 5.43 Å². The molecule has 0 amide bonds. The van der Waals surface area contributed by atoms with Crippen molar-refractivity contribution in [1.29, 1.82) is 0 Å². The van der Waals surface area contributed by atoms with Crippen LogP contribution in [0, 0.1) is 0 Å². The maximum Gasteiger partial charge on any atom is 0.193 e. The van der Waals surface area contributed by atoms with Crippen LogP contribution in [0.3, 0.4) is 0 Å². The smallest absolute Gasteiger partial charge is 0.193 e. The molecule has 0 atom stereocenters. The first-order chi connectivity index (χ1) is 12.2. The number of anilines is 2. The number of fused-ring (bicyclic) bond motifs is 1. The minimum absolute atomic E-state index is 0.107. The van der Waals surface area contributed by atoms with Crippen LogP contribution in [0.25, 0.3) is 16.6 Å². The molecule has 4 nitrogen and oxygen atoms in total. The first kappa shape index (κ1) is 15.4. The Morgan fingerprint density at radius 2 is 1.60 bits per heavy atom. The van der Waals surface area contributed by atoms with E-state index in [-0.39, 0.29) is 5.43 Å². The molecule has 1 N–H and O–H groups in total. The molecule has 0 saturated heterocycles. The van der Waals surface area contributed by atoms with Crippen LogP contribution in [0.5, 0.6) is 0 Å². The molecule has 0 aliphatic rings. The maximum absolute atomic E-state index is 12.5. The zero-order valence-corrected chi connectivity index (χ0v) is 13.9. The third-order valence-electron chi connectivity index (χ3n) is 3.92. The van der Waals surface area contributed by atoms with Gasteiger partial charge in [0.1, 0.15) is 11.0 Å². The number of pyridine rings is 2. The topological polar surface area (TPSA) is 46.9 Å². The number of nitrogens with one attached hydrogen (secondary N) is 1. The molecule has 2 aromatic carbocycles. The second-order valence-electron chi connectivity index (χ2n) is 5.58. The summed E-state index contributed by atoms with van der Waals surface area (Å²) in [6.07, 6.45) is 1.52. The van der Waals surface area contributed by atoms with Gasteiger partial charge < -0.3 is 5.32 Å². The molecule has 25 heavy (non-hydrogen) atoms. The third-order valence-corrected chi connectivity index (χ3v) is 4.13. The molecule has 2 heterocycles. The van der Waals surface area contributed by atoms with E-state index in [1.54, 1.807) is 12.1 Å². The van der Waals surface area contributed by atoms with E-state index in [0.717, 1.165) is 11.4 Å². The van der Waals surface area contributed by atoms with Gasteiger partial charge in [-0.15, -0.1) is 0 Å². The molecule has 4 aromatic rings. The monoisotopic (exact) mass is 347 g/mol. The van der Waals surface area contributed by atoms with E-state index in [4.69, 9.17) is 11.6 Å². The van der Waals surface area contributed by atoms with Gasteiger partial charge in [0.05, 0.1) is 10.9 Å². The lowest BCUT2D eigenvalue weighted by molar-refractivity contribution is 1.10. The quantitative estimate of drug-likeness (QED) is 0.542. The zero-order chi connectivity index (χ0) is 17.2. The highest BCUT2D eigenvalue weighted by Gasteiger charge is 2.12. The van der Waals surface area contributed by atoms with E-state index >= 15 is 0 Å². The van der Waals surface area contributed by atoms with Crippen LogP contribution < -0.4 is 10.7 Å². The highest BCUT2D eigenvalue weighted by atomic mass is 35.5. The molecule has 0 aliphatic carbocycles. The standard InChI is InChI=1S/C20H14ClN3O/c21-19-11-17-16(13-22-19)18(25)12-20(23-14-7-3-1-4-8-14)24(17)15-9-5-2-6-10-15/h1-13,23H. The molecule has 0 fully saturated rings. The molecule has 0 bridgehead atoms. The molecular weight excluding hydrogens is 334 g/mol. The van der Waals surface area contributed by atoms with Crippen molar-refractivity contribution >= 4 is 34.0 Å². The van der Waals surface area contributed by atoms with Crippen LogP contribution in [-0.2, 0) is 0 Å². The normalized spacial score (nSPS) is 10.8. The third kappa shape index (κ3) is 2.99. The molecular formula is C20H14ClN3O. The van der Waals surface area contributed by atoms with Gasteiger partial charge in [-0.2, -0.15) is 0 Å². The minimum Gasteiger partial charge on any atom is -0.341 e. The molecule has 0 radical (unpaired) electrons. The summed E-state index contributed by atoms with van der Waals surface area (Å²) in [6, 6.07) is 22.8. The Kier molecular flexibility index (Phi) is 3.96. The van der Waals surface area contributed by atoms with Crippen molar-refractivity contribution in [1.82, 2.24) is 9.55 Å². The lowest BCUT2D eigenvalue weighted by Crippen LogP contribution is -2.12. The van der Waals surface area contributed by atoms with Gasteiger partial charge >= 0.3 is 0 Å². The second-order valence-corrected chi connectivity index (χ2v) is 5.97. The van der Waals surface area contributed by atoms with Crippen molar-refractivity contribution in [2.75, 3.05) is 5.32 Å². The van der Waals surface area contributed by atoms with Gasteiger partial charge in [0, 0.05) is 29.7 Å². The van der Waals surface area contributed by atoms with Crippen LogP contribution in [0.15, 0.2) is 83.8 Å². The van der Waals surface area contributed by atoms with Crippen LogP contribution in [0.2, 0.25) is 5.15 Å². The predicted molar refractivity (Wildman–Crippen MR) is 102 cm³/mol. The van der Waals surface area contributed by atoms with E-state index < -0.39 is 0 Å². The first-order valence-electron chi connectivity index (χ1n) is 7.81. The van der Waals surface area contributed by atoms with Gasteiger partial charge in [-0.3, -0.25) is 9.36 Å². The molecule has 4 rings (SSSR count). The van der Waals surface area contributed by atoms with E-state index in [0.29, 0.717) is 21.9 Å². The fraction of sp³-hybridized carbons (Fsp3) is 0. The van der Waals surface area contributed by atoms with Crippen molar-refractivity contribution in [2.24, 2.45) is 0 Å². The highest BCUT2D eigenvalue weighted by molar-refractivity contribution is 6.30. The number of nitrogens with zero attached hydrogens (tertiary/aromatic N) is 2. The van der Waals surface area contributed by atoms with Crippen molar-refractivity contribution in [3.63, 3.8) is 0 Å². The Bertz CT molecular complexity index is 1090. The first-order valence-corrected chi connectivity index (χ1v) is 8.19. The number of halogens is 1. The van der Waals surface area contributed by atoms with Crippen molar-refractivity contribution in [3.8, 4) is 5.69 Å². The fourth-order valence-electron chi connectivity index (χ4n) is 2.81. The Morgan fingerprint density at radius 1 is 0.920 bits per heavy atom. The number of aromatic nitrogens is 2. The summed E-state index contributed by atoms with van der Waals surface area (Å²) >= 11 is 6.10. The summed E-state index contributed by atoms with van der Waals surface area (Å²) in [5, 5.41) is 4.18. The number of hydrogen-bond donors (Lipinski definition) is 1. The lowest BCUT2D eigenvalue weighted by Gasteiger charge is -2.18. The summed E-state index contributed by atoms with van der Waals surface area (Å²) in [5.41, 5.74) is 2.42.